The van der Waals surface area contributed by atoms with E-state index in [-0.39, 0.29) is 10.7 Å². The van der Waals surface area contributed by atoms with Crippen molar-refractivity contribution in [2.75, 3.05) is 0 Å². The maximum atomic E-state index is 5.38. The normalized spacial score (nSPS) is 18.9. The van der Waals surface area contributed by atoms with E-state index < -0.39 is 0 Å². The number of rotatable bonds is 2. The highest BCUT2D eigenvalue weighted by Crippen LogP contribution is 2.06. The lowest BCUT2D eigenvalue weighted by Crippen LogP contribution is -2.19. The Bertz CT molecular complexity index is 39.0. The Morgan fingerprint density at radius 3 is 1.43 bits per heavy atom. The summed E-state index contributed by atoms with van der Waals surface area (Å²) in [5.74, 6) is 0. The van der Waals surface area contributed by atoms with Crippen LogP contribution in [0.2, 0.25) is 0 Å². The van der Waals surface area contributed by atoms with Crippen LogP contribution in [0.1, 0.15) is 13.8 Å². The Kier molecular flexibility index (Phi) is 3.42. The molecule has 0 amide bonds. The van der Waals surface area contributed by atoms with Crippen LogP contribution in [0.4, 0.5) is 0 Å². The molecule has 0 aromatic carbocycles. The quantitative estimate of drug-likeness (QED) is 0.516. The van der Waals surface area contributed by atoms with Gasteiger partial charge in [-0.2, -0.15) is 0 Å². The first-order valence-electron chi connectivity index (χ1n) is 2.29. The van der Waals surface area contributed by atoms with Gasteiger partial charge in [-0.1, -0.05) is 0 Å². The average molecular weight is 120 g/mol. The molecule has 0 heterocycles. The summed E-state index contributed by atoms with van der Waals surface area (Å²) in [6.45, 7) is 3.85. The lowest BCUT2D eigenvalue weighted by atomic mass is 10.8. The third-order valence-corrected chi connectivity index (χ3v) is 1.29. The molecular formula is C4H12N2S. The Labute approximate surface area is 48.6 Å². The molecule has 3 heteroatoms. The summed E-state index contributed by atoms with van der Waals surface area (Å²) in [5.41, 5.74) is 10.8. The van der Waals surface area contributed by atoms with Gasteiger partial charge in [0.1, 0.15) is 0 Å². The van der Waals surface area contributed by atoms with Crippen molar-refractivity contribution >= 4 is 11.8 Å². The Hall–Kier alpha value is 0.270. The van der Waals surface area contributed by atoms with Crippen molar-refractivity contribution < 1.29 is 0 Å². The van der Waals surface area contributed by atoms with Crippen LogP contribution in [-0.4, -0.2) is 10.7 Å². The third kappa shape index (κ3) is 6.27. The summed E-state index contributed by atoms with van der Waals surface area (Å²) >= 11 is 1.56. The highest BCUT2D eigenvalue weighted by atomic mass is 32.2. The van der Waals surface area contributed by atoms with Crippen molar-refractivity contribution in [3.8, 4) is 0 Å². The number of nitrogens with two attached hydrogens (primary N) is 2. The molecule has 0 fully saturated rings. The summed E-state index contributed by atoms with van der Waals surface area (Å²) < 4.78 is 0. The summed E-state index contributed by atoms with van der Waals surface area (Å²) in [6, 6.07) is 0. The van der Waals surface area contributed by atoms with Crippen molar-refractivity contribution in [1.82, 2.24) is 0 Å². The molecule has 2 nitrogen and oxygen atoms in total. The molecule has 0 rings (SSSR count). The van der Waals surface area contributed by atoms with Crippen molar-refractivity contribution in [2.45, 2.75) is 24.6 Å². The van der Waals surface area contributed by atoms with Gasteiger partial charge in [-0.15, -0.1) is 11.8 Å². The number of hydrogen-bond donors (Lipinski definition) is 2. The van der Waals surface area contributed by atoms with E-state index in [4.69, 9.17) is 11.5 Å². The lowest BCUT2D eigenvalue weighted by Gasteiger charge is -2.06. The first-order valence-corrected chi connectivity index (χ1v) is 3.24. The molecule has 0 radical (unpaired) electrons. The smallest absolute Gasteiger partial charge is 0.0494 e. The van der Waals surface area contributed by atoms with Crippen LogP contribution in [-0.2, 0) is 0 Å². The zero-order chi connectivity index (χ0) is 5.86. The largest absolute Gasteiger partial charge is 0.320 e. The molecule has 4 N–H and O–H groups in total. The topological polar surface area (TPSA) is 52.0 Å². The van der Waals surface area contributed by atoms with Crippen molar-refractivity contribution in [3.63, 3.8) is 0 Å². The predicted octanol–water partition coefficient (Wildman–Crippen LogP) is 0.329. The summed E-state index contributed by atoms with van der Waals surface area (Å²) in [6.07, 6.45) is 0. The Balaban J connectivity index is 2.95. The highest BCUT2D eigenvalue weighted by molar-refractivity contribution is 8.00. The van der Waals surface area contributed by atoms with Gasteiger partial charge in [-0.25, -0.2) is 0 Å². The summed E-state index contributed by atoms with van der Waals surface area (Å²) in [5, 5.41) is 0.333. The lowest BCUT2D eigenvalue weighted by molar-refractivity contribution is 0.987. The van der Waals surface area contributed by atoms with Gasteiger partial charge in [0.2, 0.25) is 0 Å². The van der Waals surface area contributed by atoms with E-state index in [1.807, 2.05) is 13.8 Å². The molecule has 0 aliphatic rings. The van der Waals surface area contributed by atoms with Gasteiger partial charge in [0.25, 0.3) is 0 Å². The summed E-state index contributed by atoms with van der Waals surface area (Å²) in [7, 11) is 0. The molecule has 2 atom stereocenters. The molecule has 0 aliphatic carbocycles. The first-order chi connectivity index (χ1) is 3.13. The molecule has 0 saturated carbocycles. The van der Waals surface area contributed by atoms with E-state index in [0.717, 1.165) is 0 Å². The SMILES string of the molecule is CC(N)SC(C)N. The van der Waals surface area contributed by atoms with E-state index in [2.05, 4.69) is 0 Å². The van der Waals surface area contributed by atoms with Crippen LogP contribution >= 0.6 is 11.8 Å². The molecular weight excluding hydrogens is 108 g/mol. The number of hydrogen-bond acceptors (Lipinski definition) is 3. The second-order valence-corrected chi connectivity index (χ2v) is 3.31. The summed E-state index contributed by atoms with van der Waals surface area (Å²) in [4.78, 5) is 0. The fourth-order valence-electron chi connectivity index (χ4n) is 0.339. The maximum Gasteiger partial charge on any atom is 0.0494 e. The van der Waals surface area contributed by atoms with Crippen LogP contribution in [0, 0.1) is 0 Å². The molecule has 44 valence electrons. The van der Waals surface area contributed by atoms with Gasteiger partial charge >= 0.3 is 0 Å². The van der Waals surface area contributed by atoms with E-state index in [1.165, 1.54) is 0 Å². The van der Waals surface area contributed by atoms with E-state index >= 15 is 0 Å². The van der Waals surface area contributed by atoms with Gasteiger partial charge in [0.15, 0.2) is 0 Å². The van der Waals surface area contributed by atoms with E-state index in [9.17, 15) is 0 Å². The molecule has 0 spiro atoms. The van der Waals surface area contributed by atoms with Crippen LogP contribution in [0.15, 0.2) is 0 Å². The fraction of sp³-hybridized carbons (Fsp3) is 1.00. The van der Waals surface area contributed by atoms with Gasteiger partial charge in [0.05, 0.1) is 0 Å². The standard InChI is InChI=1S/C4H12N2S/c1-3(5)7-4(2)6/h3-4H,5-6H2,1-2H3. The van der Waals surface area contributed by atoms with Crippen molar-refractivity contribution in [3.05, 3.63) is 0 Å². The van der Waals surface area contributed by atoms with E-state index in [0.29, 0.717) is 0 Å². The Morgan fingerprint density at radius 2 is 1.43 bits per heavy atom. The minimum atomic E-state index is 0.167. The maximum absolute atomic E-state index is 5.38. The van der Waals surface area contributed by atoms with Gasteiger partial charge < -0.3 is 11.5 Å². The molecule has 7 heavy (non-hydrogen) atoms. The minimum Gasteiger partial charge on any atom is -0.320 e. The average Bonchev–Trinajstić information content (AvgIpc) is 1.27. The molecule has 2 unspecified atom stereocenters. The van der Waals surface area contributed by atoms with Gasteiger partial charge in [-0.3, -0.25) is 0 Å². The monoisotopic (exact) mass is 120 g/mol. The fourth-order valence-corrected chi connectivity index (χ4v) is 1.02. The van der Waals surface area contributed by atoms with Crippen LogP contribution < -0.4 is 11.5 Å². The van der Waals surface area contributed by atoms with Crippen LogP contribution in [0.25, 0.3) is 0 Å². The predicted molar refractivity (Wildman–Crippen MR) is 34.9 cm³/mol. The highest BCUT2D eigenvalue weighted by Gasteiger charge is 1.96. The van der Waals surface area contributed by atoms with E-state index in [1.54, 1.807) is 11.8 Å². The van der Waals surface area contributed by atoms with Gasteiger partial charge in [0, 0.05) is 10.7 Å². The third-order valence-electron chi connectivity index (χ3n) is 0.429. The zero-order valence-electron chi connectivity index (χ0n) is 4.72. The minimum absolute atomic E-state index is 0.167. The van der Waals surface area contributed by atoms with Crippen molar-refractivity contribution in [1.29, 1.82) is 0 Å². The molecule has 0 bridgehead atoms. The molecule has 0 aromatic rings. The number of thioether (sulfide) groups is 1. The molecule has 0 saturated heterocycles. The second-order valence-electron chi connectivity index (χ2n) is 1.55. The van der Waals surface area contributed by atoms with Crippen molar-refractivity contribution in [2.24, 2.45) is 11.5 Å². The Morgan fingerprint density at radius 1 is 1.14 bits per heavy atom. The van der Waals surface area contributed by atoms with Gasteiger partial charge in [-0.05, 0) is 13.8 Å². The molecule has 0 aliphatic heterocycles. The molecule has 0 aromatic heterocycles. The van der Waals surface area contributed by atoms with Crippen LogP contribution in [0.5, 0.6) is 0 Å². The zero-order valence-corrected chi connectivity index (χ0v) is 5.53. The first kappa shape index (κ1) is 7.27. The second kappa shape index (κ2) is 3.29. The van der Waals surface area contributed by atoms with Crippen LogP contribution in [0.3, 0.4) is 0 Å².